The molecular weight excluding hydrogens is 675 g/mol. The number of quaternary nitrogens is 1. The van der Waals surface area contributed by atoms with Crippen LogP contribution in [0.25, 0.3) is 0 Å². The van der Waals surface area contributed by atoms with E-state index < -0.39 is 0 Å². The van der Waals surface area contributed by atoms with Gasteiger partial charge in [-0.05, 0) is 89.9 Å². The predicted molar refractivity (Wildman–Crippen MR) is 259 cm³/mol. The van der Waals surface area contributed by atoms with E-state index in [4.69, 9.17) is 0 Å². The molecule has 0 N–H and O–H groups in total. The van der Waals surface area contributed by atoms with E-state index >= 15 is 0 Å². The van der Waals surface area contributed by atoms with Gasteiger partial charge in [0.05, 0.1) is 26.7 Å². The summed E-state index contributed by atoms with van der Waals surface area (Å²) in [5.74, 6) is 0. The van der Waals surface area contributed by atoms with E-state index in [1.165, 1.54) is 307 Å². The first-order valence-electron chi connectivity index (χ1n) is 26.8. The number of unbranched alkanes of at least 4 members (excludes halogenated alkanes) is 39. The van der Waals surface area contributed by atoms with Gasteiger partial charge in [0.25, 0.3) is 0 Å². The summed E-state index contributed by atoms with van der Waals surface area (Å²) < 4.78 is 1.35. The van der Waals surface area contributed by atoms with Crippen LogP contribution in [0.15, 0.2) is 24.3 Å². The van der Waals surface area contributed by atoms with E-state index in [9.17, 15) is 0 Å². The van der Waals surface area contributed by atoms with E-state index in [2.05, 4.69) is 52.1 Å². The van der Waals surface area contributed by atoms with E-state index in [0.29, 0.717) is 0 Å². The molecule has 0 aromatic heterocycles. The second kappa shape index (κ2) is 48.8. The normalized spacial score (nSPS) is 13.1. The predicted octanol–water partition coefficient (Wildman–Crippen LogP) is 19.8. The van der Waals surface area contributed by atoms with E-state index in [1.54, 1.807) is 0 Å². The monoisotopic (exact) mass is 785 g/mol. The lowest BCUT2D eigenvalue weighted by atomic mass is 10.0. The third-order valence-corrected chi connectivity index (χ3v) is 13.0. The molecular formula is C55H110N+. The fourth-order valence-electron chi connectivity index (χ4n) is 8.86. The van der Waals surface area contributed by atoms with Crippen molar-refractivity contribution < 1.29 is 4.48 Å². The number of hydrogen-bond donors (Lipinski definition) is 0. The quantitative estimate of drug-likeness (QED) is 0.0327. The van der Waals surface area contributed by atoms with Gasteiger partial charge in [0.1, 0.15) is 0 Å². The SMILES string of the molecule is CCCCCCCCC=CCCCCCCCC[N+](C)(CCCCCCCCC=CCCCCCCCC)CCCCCCCCCCCCCCCCCC. The summed E-state index contributed by atoms with van der Waals surface area (Å²) >= 11 is 0. The van der Waals surface area contributed by atoms with Crippen LogP contribution in [0.5, 0.6) is 0 Å². The molecule has 0 bridgehead atoms. The van der Waals surface area contributed by atoms with Crippen molar-refractivity contribution in [1.82, 2.24) is 0 Å². The molecule has 0 aliphatic heterocycles. The summed E-state index contributed by atoms with van der Waals surface area (Å²) in [6, 6.07) is 0. The zero-order valence-electron chi connectivity index (χ0n) is 40.0. The third-order valence-electron chi connectivity index (χ3n) is 13.0. The molecule has 0 fully saturated rings. The highest BCUT2D eigenvalue weighted by molar-refractivity contribution is 4.82. The lowest BCUT2D eigenvalue weighted by Crippen LogP contribution is -2.46. The lowest BCUT2D eigenvalue weighted by Gasteiger charge is -2.35. The van der Waals surface area contributed by atoms with Gasteiger partial charge in [-0.3, -0.25) is 0 Å². The first kappa shape index (κ1) is 55.4. The Labute approximate surface area is 357 Å². The van der Waals surface area contributed by atoms with Crippen LogP contribution in [-0.4, -0.2) is 31.2 Å². The molecule has 0 atom stereocenters. The summed E-state index contributed by atoms with van der Waals surface area (Å²) in [5.41, 5.74) is 0. The Kier molecular flexibility index (Phi) is 48.3. The molecule has 1 heteroatoms. The van der Waals surface area contributed by atoms with Gasteiger partial charge in [0.15, 0.2) is 0 Å². The molecule has 0 unspecified atom stereocenters. The van der Waals surface area contributed by atoms with Crippen molar-refractivity contribution in [2.24, 2.45) is 0 Å². The number of allylic oxidation sites excluding steroid dienone is 4. The largest absolute Gasteiger partial charge is 0.326 e. The second-order valence-electron chi connectivity index (χ2n) is 19.0. The van der Waals surface area contributed by atoms with Crippen molar-refractivity contribution in [3.05, 3.63) is 24.3 Å². The first-order valence-corrected chi connectivity index (χ1v) is 26.8. The maximum atomic E-state index is 2.63. The van der Waals surface area contributed by atoms with Crippen LogP contribution in [0, 0.1) is 0 Å². The topological polar surface area (TPSA) is 0 Å². The number of hydrogen-bond acceptors (Lipinski definition) is 0. The summed E-state index contributed by atoms with van der Waals surface area (Å²) in [4.78, 5) is 0. The van der Waals surface area contributed by atoms with Gasteiger partial charge in [-0.2, -0.15) is 0 Å². The average Bonchev–Trinajstić information content (AvgIpc) is 3.20. The molecule has 0 aromatic rings. The highest BCUT2D eigenvalue weighted by atomic mass is 15.3. The van der Waals surface area contributed by atoms with Crippen LogP contribution in [0.1, 0.15) is 303 Å². The van der Waals surface area contributed by atoms with Crippen molar-refractivity contribution in [3.63, 3.8) is 0 Å². The lowest BCUT2D eigenvalue weighted by molar-refractivity contribution is -0.910. The molecule has 0 spiro atoms. The Bertz CT molecular complexity index is 708. The van der Waals surface area contributed by atoms with Gasteiger partial charge in [-0.15, -0.1) is 0 Å². The minimum atomic E-state index is 1.31. The Morgan fingerprint density at radius 1 is 0.214 bits per heavy atom. The number of rotatable bonds is 49. The molecule has 334 valence electrons. The van der Waals surface area contributed by atoms with Crippen molar-refractivity contribution in [2.75, 3.05) is 26.7 Å². The minimum Gasteiger partial charge on any atom is -0.326 e. The van der Waals surface area contributed by atoms with Crippen LogP contribution in [0.2, 0.25) is 0 Å². The smallest absolute Gasteiger partial charge is 0.0784 e. The Balaban J connectivity index is 4.15. The highest BCUT2D eigenvalue weighted by Crippen LogP contribution is 2.18. The molecule has 0 heterocycles. The molecule has 1 nitrogen and oxygen atoms in total. The molecule has 0 aliphatic rings. The molecule has 0 aromatic carbocycles. The fourth-order valence-corrected chi connectivity index (χ4v) is 8.86. The van der Waals surface area contributed by atoms with Gasteiger partial charge in [0, 0.05) is 0 Å². The molecule has 56 heavy (non-hydrogen) atoms. The molecule has 0 amide bonds. The molecule has 0 aliphatic carbocycles. The second-order valence-corrected chi connectivity index (χ2v) is 19.0. The molecule has 0 saturated heterocycles. The van der Waals surface area contributed by atoms with Gasteiger partial charge < -0.3 is 4.48 Å². The van der Waals surface area contributed by atoms with Crippen molar-refractivity contribution >= 4 is 0 Å². The van der Waals surface area contributed by atoms with Crippen molar-refractivity contribution in [3.8, 4) is 0 Å². The van der Waals surface area contributed by atoms with Crippen molar-refractivity contribution in [2.45, 2.75) is 303 Å². The third kappa shape index (κ3) is 46.1. The summed E-state index contributed by atoms with van der Waals surface area (Å²) in [7, 11) is 2.63. The fraction of sp³-hybridized carbons (Fsp3) is 0.927. The van der Waals surface area contributed by atoms with Crippen LogP contribution in [-0.2, 0) is 0 Å². The van der Waals surface area contributed by atoms with Gasteiger partial charge in [-0.1, -0.05) is 238 Å². The Hall–Kier alpha value is -0.560. The standard InChI is InChI=1S/C55H110N/c1-5-8-11-14-17-20-23-26-29-32-35-38-41-44-47-50-53-56(4,54-51-48-45-42-39-36-33-30-27-24-21-18-15-12-9-6-2)55-52-49-46-43-40-37-34-31-28-25-22-19-16-13-10-7-3/h26-27,29-30H,5-25,28,31-55H2,1-4H3/q+1. The minimum absolute atomic E-state index is 1.31. The Morgan fingerprint density at radius 2 is 0.375 bits per heavy atom. The van der Waals surface area contributed by atoms with Gasteiger partial charge >= 0.3 is 0 Å². The average molecular weight is 785 g/mol. The zero-order valence-corrected chi connectivity index (χ0v) is 40.0. The van der Waals surface area contributed by atoms with Gasteiger partial charge in [-0.25, -0.2) is 0 Å². The van der Waals surface area contributed by atoms with Gasteiger partial charge in [0.2, 0.25) is 0 Å². The van der Waals surface area contributed by atoms with Crippen molar-refractivity contribution in [1.29, 1.82) is 0 Å². The van der Waals surface area contributed by atoms with Crippen LogP contribution in [0.3, 0.4) is 0 Å². The van der Waals surface area contributed by atoms with E-state index in [1.807, 2.05) is 0 Å². The Morgan fingerprint density at radius 3 is 0.571 bits per heavy atom. The molecule has 0 saturated carbocycles. The summed E-state index contributed by atoms with van der Waals surface area (Å²) in [5, 5.41) is 0. The summed E-state index contributed by atoms with van der Waals surface area (Å²) in [6.45, 7) is 11.2. The van der Waals surface area contributed by atoms with E-state index in [0.717, 1.165) is 0 Å². The van der Waals surface area contributed by atoms with Crippen LogP contribution < -0.4 is 0 Å². The maximum Gasteiger partial charge on any atom is 0.0784 e. The first-order chi connectivity index (χ1) is 27.7. The summed E-state index contributed by atoms with van der Waals surface area (Å²) in [6.07, 6.45) is 72.8. The maximum absolute atomic E-state index is 2.63. The van der Waals surface area contributed by atoms with E-state index in [-0.39, 0.29) is 0 Å². The number of nitrogens with zero attached hydrogens (tertiary/aromatic N) is 1. The van der Waals surface area contributed by atoms with Crippen LogP contribution in [0.4, 0.5) is 0 Å². The highest BCUT2D eigenvalue weighted by Gasteiger charge is 2.20. The molecule has 0 radical (unpaired) electrons. The van der Waals surface area contributed by atoms with Crippen LogP contribution >= 0.6 is 0 Å². The molecule has 0 rings (SSSR count). The zero-order chi connectivity index (χ0) is 40.6.